The van der Waals surface area contributed by atoms with Crippen molar-refractivity contribution in [3.8, 4) is 0 Å². The third-order valence-corrected chi connectivity index (χ3v) is 4.28. The Morgan fingerprint density at radius 2 is 1.89 bits per heavy atom. The molecule has 2 atom stereocenters. The van der Waals surface area contributed by atoms with E-state index >= 15 is 0 Å². The van der Waals surface area contributed by atoms with E-state index in [1.165, 1.54) is 0 Å². The summed E-state index contributed by atoms with van der Waals surface area (Å²) in [6.07, 6.45) is 0.189. The van der Waals surface area contributed by atoms with Gasteiger partial charge in [0.1, 0.15) is 0 Å². The summed E-state index contributed by atoms with van der Waals surface area (Å²) >= 11 is 3.53. The van der Waals surface area contributed by atoms with E-state index in [1.807, 2.05) is 0 Å². The van der Waals surface area contributed by atoms with Crippen molar-refractivity contribution in [1.82, 2.24) is 4.33 Å². The van der Waals surface area contributed by atoms with E-state index in [-0.39, 0.29) is 44.9 Å². The Labute approximate surface area is 116 Å². The third kappa shape index (κ3) is 7.67. The SMILES string of the molecule is NC(CCC(=O)C[Se]NC(CS)C(=O)O)C(=O)O. The summed E-state index contributed by atoms with van der Waals surface area (Å²) in [5, 5.41) is 17.4. The van der Waals surface area contributed by atoms with Crippen LogP contribution in [0.2, 0.25) is 5.32 Å². The van der Waals surface area contributed by atoms with Crippen molar-refractivity contribution >= 4 is 45.5 Å². The number of hydrogen-bond acceptors (Lipinski definition) is 6. The van der Waals surface area contributed by atoms with Gasteiger partial charge >= 0.3 is 116 Å². The number of carboxylic acid groups (broad SMARTS) is 2. The molecule has 7 nitrogen and oxygen atoms in total. The molecule has 0 bridgehead atoms. The molecule has 0 aromatic heterocycles. The quantitative estimate of drug-likeness (QED) is 0.248. The Bertz CT molecular complexity index is 315. The normalized spacial score (nSPS) is 13.9. The second-order valence-corrected chi connectivity index (χ2v) is 5.57. The van der Waals surface area contributed by atoms with Gasteiger partial charge in [-0.25, -0.2) is 0 Å². The van der Waals surface area contributed by atoms with Crippen LogP contribution in [0, 0.1) is 0 Å². The predicted molar refractivity (Wildman–Crippen MR) is 68.8 cm³/mol. The summed E-state index contributed by atoms with van der Waals surface area (Å²) in [5.74, 6) is -2.11. The molecule has 0 fully saturated rings. The first-order valence-corrected chi connectivity index (χ1v) is 7.79. The fraction of sp³-hybridized carbons (Fsp3) is 0.667. The fourth-order valence-electron chi connectivity index (χ4n) is 0.901. The molecule has 0 aliphatic heterocycles. The molecule has 0 rings (SSSR count). The van der Waals surface area contributed by atoms with E-state index in [0.717, 1.165) is 0 Å². The molecule has 18 heavy (non-hydrogen) atoms. The Morgan fingerprint density at radius 3 is 2.33 bits per heavy atom. The molecule has 2 unspecified atom stereocenters. The summed E-state index contributed by atoms with van der Waals surface area (Å²) in [6, 6.07) is -1.79. The van der Waals surface area contributed by atoms with Crippen molar-refractivity contribution < 1.29 is 24.6 Å². The van der Waals surface area contributed by atoms with Crippen molar-refractivity contribution in [2.24, 2.45) is 5.73 Å². The molecule has 0 aromatic rings. The number of carbonyl (C=O) groups excluding carboxylic acids is 1. The summed E-state index contributed by atoms with van der Waals surface area (Å²) in [6.45, 7) is 0. The minimum atomic E-state index is -1.13. The zero-order chi connectivity index (χ0) is 14.1. The predicted octanol–water partition coefficient (Wildman–Crippen LogP) is -1.24. The average Bonchev–Trinajstić information content (AvgIpc) is 2.30. The number of hydrogen-bond donors (Lipinski definition) is 5. The standard InChI is InChI=1S/C9H16N2O5SSe/c10-6(8(13)14)2-1-5(12)4-18-11-7(3-17)9(15)16/h6-7,11,17H,1-4,10H2,(H,13,14)(H,15,16). The maximum absolute atomic E-state index is 11.4. The van der Waals surface area contributed by atoms with Crippen molar-refractivity contribution in [3.05, 3.63) is 0 Å². The number of carbonyl (C=O) groups is 3. The van der Waals surface area contributed by atoms with Crippen molar-refractivity contribution in [2.45, 2.75) is 30.2 Å². The van der Waals surface area contributed by atoms with Gasteiger partial charge in [0, 0.05) is 0 Å². The number of aliphatic carboxylic acids is 2. The van der Waals surface area contributed by atoms with Gasteiger partial charge in [-0.05, 0) is 0 Å². The van der Waals surface area contributed by atoms with E-state index in [2.05, 4.69) is 17.0 Å². The van der Waals surface area contributed by atoms with Gasteiger partial charge in [-0.1, -0.05) is 0 Å². The third-order valence-electron chi connectivity index (χ3n) is 1.99. The van der Waals surface area contributed by atoms with E-state index < -0.39 is 24.0 Å². The molecule has 0 saturated carbocycles. The molecule has 9 heteroatoms. The van der Waals surface area contributed by atoms with Crippen LogP contribution in [0.3, 0.4) is 0 Å². The molecule has 0 saturated heterocycles. The van der Waals surface area contributed by atoms with Gasteiger partial charge in [0.25, 0.3) is 0 Å². The first-order chi connectivity index (χ1) is 8.38. The van der Waals surface area contributed by atoms with E-state index in [4.69, 9.17) is 15.9 Å². The molecule has 0 spiro atoms. The Balaban J connectivity index is 3.77. The van der Waals surface area contributed by atoms with Gasteiger partial charge in [0.15, 0.2) is 0 Å². The summed E-state index contributed by atoms with van der Waals surface area (Å²) in [5.41, 5.74) is 5.25. The maximum atomic E-state index is 11.4. The van der Waals surface area contributed by atoms with Gasteiger partial charge in [-0.3, -0.25) is 0 Å². The molecular weight excluding hydrogens is 327 g/mol. The summed E-state index contributed by atoms with van der Waals surface area (Å²) in [7, 11) is 0. The number of Topliss-reactive ketones (excluding diaryl/α,β-unsaturated/α-hetero) is 1. The van der Waals surface area contributed by atoms with Gasteiger partial charge in [0.2, 0.25) is 0 Å². The first kappa shape index (κ1) is 17.4. The van der Waals surface area contributed by atoms with E-state index in [1.54, 1.807) is 0 Å². The van der Waals surface area contributed by atoms with Crippen LogP contribution in [0.1, 0.15) is 12.8 Å². The fourth-order valence-corrected chi connectivity index (χ4v) is 3.05. The minimum absolute atomic E-state index is 0.0928. The molecule has 0 amide bonds. The van der Waals surface area contributed by atoms with Gasteiger partial charge < -0.3 is 0 Å². The molecular formula is C9H16N2O5SSe. The zero-order valence-electron chi connectivity index (χ0n) is 9.54. The number of nitrogens with two attached hydrogens (primary N) is 1. The van der Waals surface area contributed by atoms with Gasteiger partial charge in [0.05, 0.1) is 0 Å². The number of carboxylic acids is 2. The Hall–Kier alpha value is -0.601. The summed E-state index contributed by atoms with van der Waals surface area (Å²) < 4.78 is 2.73. The number of nitrogens with one attached hydrogen (secondary N) is 1. The van der Waals surface area contributed by atoms with Crippen molar-refractivity contribution in [3.63, 3.8) is 0 Å². The second kappa shape index (κ2) is 9.35. The van der Waals surface area contributed by atoms with Crippen molar-refractivity contribution in [2.75, 3.05) is 5.75 Å². The molecule has 0 aliphatic carbocycles. The van der Waals surface area contributed by atoms with Crippen LogP contribution < -0.4 is 10.1 Å². The van der Waals surface area contributed by atoms with Crippen molar-refractivity contribution in [1.29, 1.82) is 0 Å². The number of rotatable bonds is 10. The van der Waals surface area contributed by atoms with E-state index in [0.29, 0.717) is 0 Å². The number of thiol groups is 1. The monoisotopic (exact) mass is 344 g/mol. The second-order valence-electron chi connectivity index (χ2n) is 3.50. The van der Waals surface area contributed by atoms with Crippen LogP contribution in [0.4, 0.5) is 0 Å². The molecule has 104 valence electrons. The van der Waals surface area contributed by atoms with Gasteiger partial charge in [-0.15, -0.1) is 0 Å². The Kier molecular flexibility index (Phi) is 9.03. The zero-order valence-corrected chi connectivity index (χ0v) is 12.1. The van der Waals surface area contributed by atoms with Gasteiger partial charge in [-0.2, -0.15) is 0 Å². The van der Waals surface area contributed by atoms with Crippen LogP contribution in [-0.4, -0.2) is 60.9 Å². The number of ketones is 1. The molecule has 0 radical (unpaired) electrons. The molecule has 0 heterocycles. The first-order valence-electron chi connectivity index (χ1n) is 5.09. The van der Waals surface area contributed by atoms with Crippen LogP contribution in [0.5, 0.6) is 0 Å². The van der Waals surface area contributed by atoms with Crippen LogP contribution in [-0.2, 0) is 14.4 Å². The Morgan fingerprint density at radius 1 is 1.28 bits per heavy atom. The molecule has 0 aliphatic rings. The van der Waals surface area contributed by atoms with E-state index in [9.17, 15) is 14.4 Å². The van der Waals surface area contributed by atoms with Crippen LogP contribution in [0.25, 0.3) is 0 Å². The van der Waals surface area contributed by atoms with Crippen LogP contribution >= 0.6 is 12.6 Å². The topological polar surface area (TPSA) is 130 Å². The molecule has 5 N–H and O–H groups in total. The summed E-state index contributed by atoms with van der Waals surface area (Å²) in [4.78, 5) is 32.4. The average molecular weight is 343 g/mol. The molecule has 0 aromatic carbocycles. The van der Waals surface area contributed by atoms with Crippen LogP contribution in [0.15, 0.2) is 0 Å².